The van der Waals surface area contributed by atoms with Gasteiger partial charge in [-0.15, -0.1) is 0 Å². The fraction of sp³-hybridized carbons (Fsp3) is 0.222. The predicted molar refractivity (Wildman–Crippen MR) is 83.5 cm³/mol. The first kappa shape index (κ1) is 13.7. The lowest BCUT2D eigenvalue weighted by atomic mass is 10.1. The van der Waals surface area contributed by atoms with Crippen LogP contribution in [-0.4, -0.2) is 13.1 Å². The summed E-state index contributed by atoms with van der Waals surface area (Å²) in [6.07, 6.45) is 0.974. The van der Waals surface area contributed by atoms with Crippen molar-refractivity contribution in [2.75, 3.05) is 18.0 Å². The van der Waals surface area contributed by atoms with Gasteiger partial charge in [0, 0.05) is 24.3 Å². The van der Waals surface area contributed by atoms with Crippen molar-refractivity contribution in [3.05, 3.63) is 65.0 Å². The summed E-state index contributed by atoms with van der Waals surface area (Å²) in [7, 11) is 0. The zero-order chi connectivity index (χ0) is 14.7. The Kier molecular flexibility index (Phi) is 3.89. The van der Waals surface area contributed by atoms with Gasteiger partial charge in [0.05, 0.1) is 6.54 Å². The summed E-state index contributed by atoms with van der Waals surface area (Å²) in [6.45, 7) is 2.06. The minimum absolute atomic E-state index is 0.178. The first-order chi connectivity index (χ1) is 10.3. The van der Waals surface area contributed by atoms with Crippen molar-refractivity contribution in [1.29, 1.82) is 0 Å². The van der Waals surface area contributed by atoms with Crippen molar-refractivity contribution >= 4 is 5.69 Å². The predicted octanol–water partition coefficient (Wildman–Crippen LogP) is 2.70. The van der Waals surface area contributed by atoms with Crippen LogP contribution in [-0.2, 0) is 13.0 Å². The van der Waals surface area contributed by atoms with Crippen molar-refractivity contribution in [2.24, 2.45) is 5.73 Å². The number of anilines is 1. The van der Waals surface area contributed by atoms with Crippen molar-refractivity contribution in [2.45, 2.75) is 13.0 Å². The minimum Gasteiger partial charge on any atom is -0.367 e. The fourth-order valence-corrected chi connectivity index (χ4v) is 2.70. The van der Waals surface area contributed by atoms with Gasteiger partial charge in [-0.3, -0.25) is 0 Å². The molecule has 0 atom stereocenters. The summed E-state index contributed by atoms with van der Waals surface area (Å²) < 4.78 is 13.4. The van der Waals surface area contributed by atoms with E-state index in [1.54, 1.807) is 6.07 Å². The zero-order valence-corrected chi connectivity index (χ0v) is 11.8. The van der Waals surface area contributed by atoms with Gasteiger partial charge in [-0.1, -0.05) is 30.0 Å². The lowest BCUT2D eigenvalue weighted by Crippen LogP contribution is -2.19. The SMILES string of the molecule is NCC#Cc1cccc(CN2CCc3ccc(F)cc32)c1. The molecule has 2 nitrogen and oxygen atoms in total. The maximum Gasteiger partial charge on any atom is 0.125 e. The van der Waals surface area contributed by atoms with E-state index in [2.05, 4.69) is 28.9 Å². The van der Waals surface area contributed by atoms with E-state index in [4.69, 9.17) is 5.73 Å². The average molecular weight is 280 g/mol. The summed E-state index contributed by atoms with van der Waals surface area (Å²) in [4.78, 5) is 2.22. The highest BCUT2D eigenvalue weighted by atomic mass is 19.1. The molecule has 0 amide bonds. The van der Waals surface area contributed by atoms with Crippen LogP contribution in [0.15, 0.2) is 42.5 Å². The number of rotatable bonds is 2. The third-order valence-electron chi connectivity index (χ3n) is 3.67. The maximum absolute atomic E-state index is 13.4. The van der Waals surface area contributed by atoms with Gasteiger partial charge in [0.25, 0.3) is 0 Å². The summed E-state index contributed by atoms with van der Waals surface area (Å²) in [5.41, 5.74) is 9.77. The topological polar surface area (TPSA) is 29.3 Å². The molecule has 3 rings (SSSR count). The van der Waals surface area contributed by atoms with E-state index in [-0.39, 0.29) is 5.82 Å². The van der Waals surface area contributed by atoms with Gasteiger partial charge in [0.15, 0.2) is 0 Å². The molecule has 21 heavy (non-hydrogen) atoms. The lowest BCUT2D eigenvalue weighted by Gasteiger charge is -2.19. The average Bonchev–Trinajstić information content (AvgIpc) is 2.88. The molecule has 0 unspecified atom stereocenters. The third kappa shape index (κ3) is 3.07. The largest absolute Gasteiger partial charge is 0.367 e. The molecule has 1 aliphatic rings. The Bertz CT molecular complexity index is 713. The van der Waals surface area contributed by atoms with E-state index in [0.29, 0.717) is 6.54 Å². The number of nitrogens with zero attached hydrogens (tertiary/aromatic N) is 1. The van der Waals surface area contributed by atoms with Gasteiger partial charge in [0.2, 0.25) is 0 Å². The van der Waals surface area contributed by atoms with Crippen LogP contribution in [0.4, 0.5) is 10.1 Å². The van der Waals surface area contributed by atoms with Crippen molar-refractivity contribution < 1.29 is 4.39 Å². The van der Waals surface area contributed by atoms with Gasteiger partial charge in [-0.2, -0.15) is 0 Å². The van der Waals surface area contributed by atoms with Crippen molar-refractivity contribution in [3.8, 4) is 11.8 Å². The number of hydrogen-bond donors (Lipinski definition) is 1. The smallest absolute Gasteiger partial charge is 0.125 e. The molecule has 0 radical (unpaired) electrons. The Labute approximate surface area is 124 Å². The van der Waals surface area contributed by atoms with Crippen LogP contribution < -0.4 is 10.6 Å². The van der Waals surface area contributed by atoms with Crippen LogP contribution in [0.3, 0.4) is 0 Å². The highest BCUT2D eigenvalue weighted by Gasteiger charge is 2.19. The van der Waals surface area contributed by atoms with E-state index in [1.165, 1.54) is 17.2 Å². The van der Waals surface area contributed by atoms with Crippen molar-refractivity contribution in [1.82, 2.24) is 0 Å². The molecule has 3 heteroatoms. The van der Waals surface area contributed by atoms with Crippen LogP contribution in [0.5, 0.6) is 0 Å². The van der Waals surface area contributed by atoms with E-state index < -0.39 is 0 Å². The molecule has 2 aromatic carbocycles. The van der Waals surface area contributed by atoms with Crippen LogP contribution in [0.1, 0.15) is 16.7 Å². The van der Waals surface area contributed by atoms with Crippen molar-refractivity contribution in [3.63, 3.8) is 0 Å². The molecule has 0 spiro atoms. The maximum atomic E-state index is 13.4. The molecular formula is C18H17FN2. The number of nitrogens with two attached hydrogens (primary N) is 1. The second kappa shape index (κ2) is 5.99. The highest BCUT2D eigenvalue weighted by molar-refractivity contribution is 5.58. The van der Waals surface area contributed by atoms with Gasteiger partial charge in [0.1, 0.15) is 5.82 Å². The van der Waals surface area contributed by atoms with Crippen LogP contribution in [0.2, 0.25) is 0 Å². The minimum atomic E-state index is -0.178. The Morgan fingerprint density at radius 1 is 1.19 bits per heavy atom. The quantitative estimate of drug-likeness (QED) is 0.857. The standard InChI is InChI=1S/C18H17FN2/c19-17-7-6-16-8-10-21(18(16)12-17)13-15-4-1-3-14(11-15)5-2-9-20/h1,3-4,6-7,11-12H,8-10,13,20H2. The molecule has 0 saturated heterocycles. The number of halogens is 1. The van der Waals surface area contributed by atoms with Crippen LogP contribution in [0.25, 0.3) is 0 Å². The van der Waals surface area contributed by atoms with Crippen LogP contribution in [0, 0.1) is 17.7 Å². The number of hydrogen-bond acceptors (Lipinski definition) is 2. The number of fused-ring (bicyclic) bond motifs is 1. The molecule has 0 aromatic heterocycles. The van der Waals surface area contributed by atoms with E-state index in [9.17, 15) is 4.39 Å². The Morgan fingerprint density at radius 3 is 2.95 bits per heavy atom. The zero-order valence-electron chi connectivity index (χ0n) is 11.8. The Hall–Kier alpha value is -2.31. The second-order valence-electron chi connectivity index (χ2n) is 5.15. The highest BCUT2D eigenvalue weighted by Crippen LogP contribution is 2.30. The van der Waals surface area contributed by atoms with Gasteiger partial charge >= 0.3 is 0 Å². The molecule has 0 fully saturated rings. The number of benzene rings is 2. The lowest BCUT2D eigenvalue weighted by molar-refractivity contribution is 0.627. The monoisotopic (exact) mass is 280 g/mol. The first-order valence-corrected chi connectivity index (χ1v) is 7.07. The summed E-state index contributed by atoms with van der Waals surface area (Å²) in [6, 6.07) is 13.2. The third-order valence-corrected chi connectivity index (χ3v) is 3.67. The summed E-state index contributed by atoms with van der Waals surface area (Å²) >= 11 is 0. The first-order valence-electron chi connectivity index (χ1n) is 7.07. The van der Waals surface area contributed by atoms with Gasteiger partial charge in [-0.25, -0.2) is 4.39 Å². The molecule has 0 bridgehead atoms. The molecule has 0 saturated carbocycles. The van der Waals surface area contributed by atoms with Gasteiger partial charge < -0.3 is 10.6 Å². The molecule has 106 valence electrons. The van der Waals surface area contributed by atoms with E-state index >= 15 is 0 Å². The summed E-state index contributed by atoms with van der Waals surface area (Å²) in [5, 5.41) is 0. The normalized spacial score (nSPS) is 12.8. The molecule has 2 N–H and O–H groups in total. The fourth-order valence-electron chi connectivity index (χ4n) is 2.70. The molecule has 1 aliphatic heterocycles. The Morgan fingerprint density at radius 2 is 2.10 bits per heavy atom. The molecule has 0 aliphatic carbocycles. The van der Waals surface area contributed by atoms with Crippen LogP contribution >= 0.6 is 0 Å². The second-order valence-corrected chi connectivity index (χ2v) is 5.15. The molecule has 1 heterocycles. The summed E-state index contributed by atoms with van der Waals surface area (Å²) in [5.74, 6) is 5.73. The molecular weight excluding hydrogens is 263 g/mol. The van der Waals surface area contributed by atoms with E-state index in [1.807, 2.05) is 18.2 Å². The Balaban J connectivity index is 1.81. The van der Waals surface area contributed by atoms with E-state index in [0.717, 1.165) is 30.8 Å². The molecule has 2 aromatic rings. The van der Waals surface area contributed by atoms with Gasteiger partial charge in [-0.05, 0) is 41.8 Å².